The van der Waals surface area contributed by atoms with Crippen LogP contribution in [0.4, 0.5) is 26.7 Å². The van der Waals surface area contributed by atoms with E-state index < -0.39 is 61.4 Å². The number of rotatable bonds is 17. The monoisotopic (exact) mass is 830 g/mol. The van der Waals surface area contributed by atoms with E-state index in [-0.39, 0.29) is 36.9 Å². The number of hydrogen-bond donors (Lipinski definition) is 5. The number of nitrogens with zero attached hydrogens (tertiary/aromatic N) is 2. The molecule has 4 N–H and O–H groups in total. The number of alkyl halides is 3. The molecule has 0 saturated carbocycles. The van der Waals surface area contributed by atoms with Crippen LogP contribution in [0.1, 0.15) is 44.5 Å². The van der Waals surface area contributed by atoms with Crippen LogP contribution in [-0.2, 0) is 25.7 Å². The maximum Gasteiger partial charge on any atom is 0.490 e. The minimum atomic E-state index is -5.08. The third-order valence-electron chi connectivity index (χ3n) is 8.25. The fourth-order valence-corrected chi connectivity index (χ4v) is 6.49. The summed E-state index contributed by atoms with van der Waals surface area (Å²) in [5, 5.41) is 22.2. The van der Waals surface area contributed by atoms with E-state index in [0.29, 0.717) is 30.8 Å². The Balaban J connectivity index is 0.00000141. The average Bonchev–Trinajstić information content (AvgIpc) is 3.48. The number of nitrogens with one attached hydrogen (secondary N) is 2. The Labute approximate surface area is 330 Å². The first-order chi connectivity index (χ1) is 25.9. The lowest BCUT2D eigenvalue weighted by Crippen LogP contribution is -2.49. The first kappa shape index (κ1) is 47.7. The average molecular weight is 831 g/mol. The van der Waals surface area contributed by atoms with Crippen LogP contribution in [-0.4, -0.2) is 95.9 Å². The molecule has 0 fully saturated rings. The largest absolute Gasteiger partial charge is 0.490 e. The summed E-state index contributed by atoms with van der Waals surface area (Å²) in [7, 11) is -1.37. The number of hydrogen-bond acceptors (Lipinski definition) is 7. The van der Waals surface area contributed by atoms with Gasteiger partial charge in [-0.3, -0.25) is 14.9 Å². The minimum Gasteiger partial charge on any atom is -0.480 e. The lowest BCUT2D eigenvalue weighted by Gasteiger charge is -2.41. The fourth-order valence-electron chi connectivity index (χ4n) is 5.49. The van der Waals surface area contributed by atoms with E-state index in [9.17, 15) is 37.1 Å². The Morgan fingerprint density at radius 2 is 1.61 bits per heavy atom. The number of aliphatic carboxylic acids is 2. The molecule has 2 atom stereocenters. The smallest absolute Gasteiger partial charge is 0.480 e. The van der Waals surface area contributed by atoms with E-state index in [0.717, 1.165) is 29.8 Å². The quantitative estimate of drug-likeness (QED) is 0.0408. The highest BCUT2D eigenvalue weighted by molar-refractivity contribution is 7.80. The van der Waals surface area contributed by atoms with Crippen LogP contribution >= 0.6 is 12.6 Å². The zero-order valence-corrected chi connectivity index (χ0v) is 34.1. The highest BCUT2D eigenvalue weighted by atomic mass is 32.1. The van der Waals surface area contributed by atoms with Gasteiger partial charge in [-0.2, -0.15) is 25.8 Å². The van der Waals surface area contributed by atoms with Gasteiger partial charge in [0.25, 0.3) is 0 Å². The molecule has 56 heavy (non-hydrogen) atoms. The molecule has 2 aromatic carbocycles. The fraction of sp³-hybridized carbons (Fsp3) is 0.474. The molecule has 0 saturated heterocycles. The van der Waals surface area contributed by atoms with Crippen molar-refractivity contribution in [1.29, 1.82) is 0 Å². The van der Waals surface area contributed by atoms with Crippen LogP contribution in [0, 0.1) is 17.0 Å². The van der Waals surface area contributed by atoms with Crippen molar-refractivity contribution in [3.63, 3.8) is 0 Å². The number of carbonyl (C=O) groups is 4. The van der Waals surface area contributed by atoms with E-state index in [4.69, 9.17) is 14.6 Å². The van der Waals surface area contributed by atoms with Crippen molar-refractivity contribution in [2.75, 3.05) is 32.0 Å². The molecule has 1 aromatic heterocycles. The molecule has 18 heteroatoms. The van der Waals surface area contributed by atoms with Gasteiger partial charge in [0.05, 0.1) is 19.2 Å². The normalized spacial score (nSPS) is 12.9. The number of halogens is 5. The van der Waals surface area contributed by atoms with Crippen LogP contribution in [0.5, 0.6) is 0 Å². The number of carboxylic acids is 2. The number of aromatic nitrogens is 1. The summed E-state index contributed by atoms with van der Waals surface area (Å²) in [5.74, 6) is -5.42. The Morgan fingerprint density at radius 3 is 2.14 bits per heavy atom. The molecule has 0 radical (unpaired) electrons. The third-order valence-corrected chi connectivity index (χ3v) is 10.3. The van der Waals surface area contributed by atoms with Crippen molar-refractivity contribution in [1.82, 2.24) is 20.1 Å². The van der Waals surface area contributed by atoms with E-state index in [1.807, 2.05) is 55.7 Å². The van der Waals surface area contributed by atoms with Gasteiger partial charge in [0.1, 0.15) is 17.7 Å². The Hall–Kier alpha value is -4.42. The van der Waals surface area contributed by atoms with Gasteiger partial charge in [-0.05, 0) is 47.7 Å². The minimum absolute atomic E-state index is 0.0163. The molecule has 0 aliphatic heterocycles. The molecule has 310 valence electrons. The van der Waals surface area contributed by atoms with Crippen LogP contribution < -0.4 is 10.6 Å². The number of alkyl carbamates (subject to hydrolysis) is 1. The van der Waals surface area contributed by atoms with E-state index in [1.54, 1.807) is 17.2 Å². The maximum atomic E-state index is 15.1. The van der Waals surface area contributed by atoms with Crippen molar-refractivity contribution < 1.29 is 56.1 Å². The molecular formula is C38H51F5N4O7SSi. The molecule has 1 heterocycles. The molecule has 0 bridgehead atoms. The van der Waals surface area contributed by atoms with E-state index >= 15 is 4.39 Å². The zero-order valence-electron chi connectivity index (χ0n) is 32.3. The topological polar surface area (TPSA) is 150 Å². The van der Waals surface area contributed by atoms with Gasteiger partial charge in [-0.1, -0.05) is 70.7 Å². The highest BCUT2D eigenvalue weighted by Crippen LogP contribution is 2.41. The molecule has 2 amide bonds. The summed E-state index contributed by atoms with van der Waals surface area (Å²) in [4.78, 5) is 48.7. The number of amides is 2. The molecular weight excluding hydrogens is 780 g/mol. The second-order valence-corrected chi connectivity index (χ2v) is 21.2. The second kappa shape index (κ2) is 21.2. The molecule has 0 unspecified atom stereocenters. The van der Waals surface area contributed by atoms with Gasteiger partial charge in [-0.25, -0.2) is 18.4 Å². The van der Waals surface area contributed by atoms with Crippen molar-refractivity contribution >= 4 is 44.6 Å². The predicted molar refractivity (Wildman–Crippen MR) is 208 cm³/mol. The molecule has 3 aromatic rings. The molecule has 0 aliphatic carbocycles. The number of carbonyl (C=O) groups excluding carboxylic acids is 2. The van der Waals surface area contributed by atoms with Gasteiger partial charge >= 0.3 is 24.2 Å². The lowest BCUT2D eigenvalue weighted by molar-refractivity contribution is -0.192. The number of ether oxygens (including phenoxy) is 1. The van der Waals surface area contributed by atoms with Crippen molar-refractivity contribution in [2.24, 2.45) is 5.41 Å². The third kappa shape index (κ3) is 16.0. The highest BCUT2D eigenvalue weighted by Gasteiger charge is 2.39. The Morgan fingerprint density at radius 1 is 0.982 bits per heavy atom. The van der Waals surface area contributed by atoms with Crippen LogP contribution in [0.3, 0.4) is 0 Å². The van der Waals surface area contributed by atoms with Gasteiger partial charge in [0.2, 0.25) is 5.91 Å². The van der Waals surface area contributed by atoms with Crippen LogP contribution in [0.2, 0.25) is 25.7 Å². The summed E-state index contributed by atoms with van der Waals surface area (Å²) in [6.45, 7) is 13.4. The summed E-state index contributed by atoms with van der Waals surface area (Å²) in [5.41, 5.74) is 1.61. The lowest BCUT2D eigenvalue weighted by atomic mass is 9.82. The van der Waals surface area contributed by atoms with Crippen molar-refractivity contribution in [3.05, 3.63) is 83.7 Å². The molecule has 0 spiro atoms. The SMILES string of the molecule is CC(C)(C)[C@H](c1cc(-c2cc(F)ccc2F)cn1Cc1ccccc1)N(CCCNC(=O)OCC[Si](C)(C)C)C(=O)CN[C@@H](CS)C(=O)O.O=C(O)C(F)(F)F. The number of thiol groups is 1. The standard InChI is InChI=1S/C36H50F2N4O5SSi.C2HF3O2/c1-36(2,3)33(31-19-26(28-20-27(37)13-14-29(28)38)23-41(31)22-25-11-8-7-9-12-25)42(32(43)21-40-30(24-48)34(44)45)16-10-15-39-35(46)47-17-18-49(4,5)6;3-2(4,5)1(6)7/h7-9,11-14,19-20,23,30,33,40,48H,10,15-18,21-22,24H2,1-6H3,(H,39,46)(H,44,45);(H,6,7)/t30-,33-;/m0./s1. The van der Waals surface area contributed by atoms with Crippen molar-refractivity contribution in [2.45, 2.75) is 77.7 Å². The summed E-state index contributed by atoms with van der Waals surface area (Å²) >= 11 is 4.12. The number of carboxylic acid groups (broad SMARTS) is 2. The van der Waals surface area contributed by atoms with Crippen LogP contribution in [0.15, 0.2) is 60.8 Å². The van der Waals surface area contributed by atoms with Crippen LogP contribution in [0.25, 0.3) is 11.1 Å². The van der Waals surface area contributed by atoms with Gasteiger partial charge in [-0.15, -0.1) is 0 Å². The first-order valence-electron chi connectivity index (χ1n) is 17.7. The van der Waals surface area contributed by atoms with Gasteiger partial charge in [0, 0.05) is 56.5 Å². The predicted octanol–water partition coefficient (Wildman–Crippen LogP) is 7.46. The second-order valence-electron chi connectivity index (χ2n) is 15.2. The number of benzene rings is 2. The summed E-state index contributed by atoms with van der Waals surface area (Å²) in [6.07, 6.45) is -3.47. The molecule has 0 aliphatic rings. The van der Waals surface area contributed by atoms with Gasteiger partial charge in [0.15, 0.2) is 0 Å². The zero-order chi connectivity index (χ0) is 42.4. The Kier molecular flexibility index (Phi) is 18.1. The van der Waals surface area contributed by atoms with Crippen molar-refractivity contribution in [3.8, 4) is 11.1 Å². The Bertz CT molecular complexity index is 1770. The molecule has 3 rings (SSSR count). The summed E-state index contributed by atoms with van der Waals surface area (Å²) in [6, 6.07) is 14.0. The van der Waals surface area contributed by atoms with E-state index in [2.05, 4.69) is 42.9 Å². The maximum absolute atomic E-state index is 15.1. The van der Waals surface area contributed by atoms with E-state index in [1.165, 1.54) is 0 Å². The molecule has 11 nitrogen and oxygen atoms in total. The summed E-state index contributed by atoms with van der Waals surface area (Å²) < 4.78 is 68.4. The first-order valence-corrected chi connectivity index (χ1v) is 22.0. The van der Waals surface area contributed by atoms with Gasteiger partial charge < -0.3 is 29.7 Å².